The van der Waals surface area contributed by atoms with Gasteiger partial charge in [-0.05, 0) is 31.0 Å². The van der Waals surface area contributed by atoms with Gasteiger partial charge in [0.2, 0.25) is 5.88 Å². The molecule has 8 heteroatoms. The zero-order valence-corrected chi connectivity index (χ0v) is 15.8. The number of carbonyl (C=O) groups excluding carboxylic acids is 1. The third-order valence-electron chi connectivity index (χ3n) is 4.81. The largest absolute Gasteiger partial charge is 0.493 e. The van der Waals surface area contributed by atoms with Gasteiger partial charge in [0, 0.05) is 19.8 Å². The number of methoxy groups -OCH3 is 1. The first kappa shape index (κ1) is 18.0. The highest BCUT2D eigenvalue weighted by atomic mass is 16.5. The van der Waals surface area contributed by atoms with Crippen molar-refractivity contribution in [3.8, 4) is 17.4 Å². The average Bonchev–Trinajstić information content (AvgIpc) is 3.37. The quantitative estimate of drug-likeness (QED) is 0.678. The second-order valence-electron chi connectivity index (χ2n) is 6.53. The van der Waals surface area contributed by atoms with Crippen molar-refractivity contribution in [2.45, 2.75) is 18.9 Å². The molecule has 3 heterocycles. The topological polar surface area (TPSA) is 82.4 Å². The molecule has 0 N–H and O–H groups in total. The van der Waals surface area contributed by atoms with E-state index < -0.39 is 0 Å². The third-order valence-corrected chi connectivity index (χ3v) is 4.81. The summed E-state index contributed by atoms with van der Waals surface area (Å²) in [5.74, 6) is 1.48. The van der Waals surface area contributed by atoms with E-state index in [-0.39, 0.29) is 11.9 Å². The molecule has 8 nitrogen and oxygen atoms in total. The summed E-state index contributed by atoms with van der Waals surface area (Å²) >= 11 is 0. The van der Waals surface area contributed by atoms with E-state index in [1.165, 1.54) is 0 Å². The Kier molecular flexibility index (Phi) is 4.92. The molecule has 1 saturated heterocycles. The number of rotatable bonds is 5. The van der Waals surface area contributed by atoms with Crippen LogP contribution in [0.4, 0.5) is 0 Å². The van der Waals surface area contributed by atoms with Gasteiger partial charge in [-0.2, -0.15) is 5.10 Å². The number of carbonyl (C=O) groups is 1. The van der Waals surface area contributed by atoms with Gasteiger partial charge in [-0.15, -0.1) is 0 Å². The summed E-state index contributed by atoms with van der Waals surface area (Å²) in [6.45, 7) is 0.675. The number of likely N-dealkylation sites (tertiary alicyclic amines) is 1. The maximum absolute atomic E-state index is 12.9. The van der Waals surface area contributed by atoms with Crippen LogP contribution in [0, 0.1) is 0 Å². The molecule has 3 aromatic rings. The number of para-hydroxylation sites is 2. The molecule has 1 amide bonds. The van der Waals surface area contributed by atoms with Crippen molar-refractivity contribution in [1.82, 2.24) is 24.6 Å². The predicted molar refractivity (Wildman–Crippen MR) is 101 cm³/mol. The van der Waals surface area contributed by atoms with Crippen molar-refractivity contribution in [1.29, 1.82) is 0 Å². The fourth-order valence-corrected chi connectivity index (χ4v) is 3.44. The van der Waals surface area contributed by atoms with E-state index in [1.54, 1.807) is 49.6 Å². The highest BCUT2D eigenvalue weighted by Crippen LogP contribution is 2.34. The van der Waals surface area contributed by atoms with E-state index in [2.05, 4.69) is 15.1 Å². The van der Waals surface area contributed by atoms with Gasteiger partial charge in [-0.3, -0.25) is 14.5 Å². The smallest absolute Gasteiger partial charge is 0.272 e. The Balaban J connectivity index is 1.58. The number of nitrogens with zero attached hydrogens (tertiary/aromatic N) is 5. The summed E-state index contributed by atoms with van der Waals surface area (Å²) < 4.78 is 12.8. The fourth-order valence-electron chi connectivity index (χ4n) is 3.44. The van der Waals surface area contributed by atoms with Crippen LogP contribution in [0.5, 0.6) is 17.4 Å². The van der Waals surface area contributed by atoms with Gasteiger partial charge in [-0.1, -0.05) is 12.1 Å². The van der Waals surface area contributed by atoms with Crippen molar-refractivity contribution < 1.29 is 14.3 Å². The predicted octanol–water partition coefficient (Wildman–Crippen LogP) is 2.99. The molecule has 0 saturated carbocycles. The van der Waals surface area contributed by atoms with Gasteiger partial charge >= 0.3 is 0 Å². The zero-order valence-electron chi connectivity index (χ0n) is 15.8. The summed E-state index contributed by atoms with van der Waals surface area (Å²) in [6, 6.07) is 8.94. The number of aryl methyl sites for hydroxylation is 1. The summed E-state index contributed by atoms with van der Waals surface area (Å²) in [7, 11) is 3.35. The summed E-state index contributed by atoms with van der Waals surface area (Å²) in [5.41, 5.74) is 1.27. The molecular formula is C20H21N5O3. The lowest BCUT2D eigenvalue weighted by molar-refractivity contribution is 0.0721. The minimum absolute atomic E-state index is 0.0552. The van der Waals surface area contributed by atoms with Crippen LogP contribution in [0.25, 0.3) is 0 Å². The molecule has 4 rings (SSSR count). The minimum atomic E-state index is -0.142. The SMILES string of the molecule is COc1ccccc1Oc1cncc([C@@H]2CCCN2C(=O)c2ccnn2C)n1. The first-order valence-electron chi connectivity index (χ1n) is 9.09. The van der Waals surface area contributed by atoms with Crippen LogP contribution in [0.1, 0.15) is 35.1 Å². The molecule has 1 fully saturated rings. The lowest BCUT2D eigenvalue weighted by Gasteiger charge is -2.24. The molecule has 0 spiro atoms. The van der Waals surface area contributed by atoms with E-state index >= 15 is 0 Å². The molecule has 0 bridgehead atoms. The van der Waals surface area contributed by atoms with E-state index in [0.29, 0.717) is 35.3 Å². The van der Waals surface area contributed by atoms with Gasteiger partial charge in [0.25, 0.3) is 5.91 Å². The molecular weight excluding hydrogens is 358 g/mol. The molecule has 28 heavy (non-hydrogen) atoms. The Morgan fingerprint density at radius 3 is 2.75 bits per heavy atom. The molecule has 1 aromatic carbocycles. The number of hydrogen-bond donors (Lipinski definition) is 0. The van der Waals surface area contributed by atoms with Crippen LogP contribution in [0.15, 0.2) is 48.9 Å². The van der Waals surface area contributed by atoms with Gasteiger partial charge < -0.3 is 14.4 Å². The number of hydrogen-bond acceptors (Lipinski definition) is 6. The van der Waals surface area contributed by atoms with Crippen LogP contribution in [-0.4, -0.2) is 44.2 Å². The van der Waals surface area contributed by atoms with E-state index in [0.717, 1.165) is 12.8 Å². The van der Waals surface area contributed by atoms with Crippen molar-refractivity contribution >= 4 is 5.91 Å². The number of ether oxygens (including phenoxy) is 2. The van der Waals surface area contributed by atoms with Crippen molar-refractivity contribution in [3.05, 3.63) is 60.3 Å². The highest BCUT2D eigenvalue weighted by Gasteiger charge is 2.33. The zero-order chi connectivity index (χ0) is 19.5. The molecule has 1 aliphatic heterocycles. The maximum Gasteiger partial charge on any atom is 0.272 e. The molecule has 0 radical (unpaired) electrons. The fraction of sp³-hybridized carbons (Fsp3) is 0.300. The third kappa shape index (κ3) is 3.40. The van der Waals surface area contributed by atoms with Gasteiger partial charge in [0.15, 0.2) is 11.5 Å². The average molecular weight is 379 g/mol. The minimum Gasteiger partial charge on any atom is -0.493 e. The Morgan fingerprint density at radius 1 is 1.18 bits per heavy atom. The highest BCUT2D eigenvalue weighted by molar-refractivity contribution is 5.93. The Bertz CT molecular complexity index is 987. The normalized spacial score (nSPS) is 16.2. The van der Waals surface area contributed by atoms with Crippen LogP contribution < -0.4 is 9.47 Å². The Morgan fingerprint density at radius 2 is 2.00 bits per heavy atom. The van der Waals surface area contributed by atoms with Crippen LogP contribution in [-0.2, 0) is 7.05 Å². The van der Waals surface area contributed by atoms with Gasteiger partial charge in [0.1, 0.15) is 5.69 Å². The first-order chi connectivity index (χ1) is 13.7. The van der Waals surface area contributed by atoms with Crippen molar-refractivity contribution in [2.75, 3.05) is 13.7 Å². The van der Waals surface area contributed by atoms with E-state index in [4.69, 9.17) is 9.47 Å². The number of benzene rings is 1. The lowest BCUT2D eigenvalue weighted by Crippen LogP contribution is -2.32. The van der Waals surface area contributed by atoms with Crippen molar-refractivity contribution in [3.63, 3.8) is 0 Å². The monoisotopic (exact) mass is 379 g/mol. The van der Waals surface area contributed by atoms with E-state index in [1.807, 2.05) is 23.1 Å². The van der Waals surface area contributed by atoms with Crippen LogP contribution >= 0.6 is 0 Å². The summed E-state index contributed by atoms with van der Waals surface area (Å²) in [5, 5.41) is 4.09. The molecule has 1 aliphatic rings. The van der Waals surface area contributed by atoms with Gasteiger partial charge in [-0.25, -0.2) is 4.98 Å². The standard InChI is InChI=1S/C20H21N5O3/c1-24-16(9-10-22-24)20(26)25-11-5-6-15(25)14-12-21-13-19(23-14)28-18-8-4-3-7-17(18)27-2/h3-4,7-10,12-13,15H,5-6,11H2,1-2H3/t15-/m0/s1. The molecule has 0 unspecified atom stereocenters. The van der Waals surface area contributed by atoms with Crippen molar-refractivity contribution in [2.24, 2.45) is 7.05 Å². The van der Waals surface area contributed by atoms with E-state index in [9.17, 15) is 4.79 Å². The Hall–Kier alpha value is -3.42. The lowest BCUT2D eigenvalue weighted by atomic mass is 10.1. The summed E-state index contributed by atoms with van der Waals surface area (Å²) in [4.78, 5) is 23.6. The second kappa shape index (κ2) is 7.67. The van der Waals surface area contributed by atoms with Gasteiger partial charge in [0.05, 0.1) is 31.2 Å². The molecule has 0 aliphatic carbocycles. The molecule has 1 atom stereocenters. The maximum atomic E-state index is 12.9. The second-order valence-corrected chi connectivity index (χ2v) is 6.53. The van der Waals surface area contributed by atoms with Crippen LogP contribution in [0.3, 0.4) is 0 Å². The first-order valence-corrected chi connectivity index (χ1v) is 9.09. The van der Waals surface area contributed by atoms with Crippen LogP contribution in [0.2, 0.25) is 0 Å². The Labute approximate surface area is 162 Å². The summed E-state index contributed by atoms with van der Waals surface area (Å²) in [6.07, 6.45) is 6.61. The molecule has 144 valence electrons. The number of aromatic nitrogens is 4. The molecule has 2 aromatic heterocycles. The number of amides is 1.